The molecule has 0 aliphatic carbocycles. The minimum atomic E-state index is -0.0697. The molecule has 0 saturated carbocycles. The summed E-state index contributed by atoms with van der Waals surface area (Å²) in [7, 11) is 1.81. The van der Waals surface area contributed by atoms with E-state index in [9.17, 15) is 4.79 Å². The van der Waals surface area contributed by atoms with Gasteiger partial charge in [0, 0.05) is 40.8 Å². The van der Waals surface area contributed by atoms with E-state index in [1.165, 1.54) is 0 Å². The van der Waals surface area contributed by atoms with Gasteiger partial charge in [0.15, 0.2) is 0 Å². The van der Waals surface area contributed by atoms with Gasteiger partial charge in [0.05, 0.1) is 11.4 Å². The van der Waals surface area contributed by atoms with Gasteiger partial charge in [0.1, 0.15) is 5.69 Å². The van der Waals surface area contributed by atoms with E-state index in [0.717, 1.165) is 39.1 Å². The number of benzene rings is 2. The van der Waals surface area contributed by atoms with Crippen molar-refractivity contribution in [3.8, 4) is 5.69 Å². The first-order valence-corrected chi connectivity index (χ1v) is 9.88. The van der Waals surface area contributed by atoms with E-state index in [2.05, 4.69) is 24.0 Å². The molecule has 0 unspecified atom stereocenters. The van der Waals surface area contributed by atoms with Crippen molar-refractivity contribution in [3.63, 3.8) is 0 Å². The highest BCUT2D eigenvalue weighted by Crippen LogP contribution is 2.23. The zero-order valence-electron chi connectivity index (χ0n) is 17.0. The van der Waals surface area contributed by atoms with E-state index in [4.69, 9.17) is 16.7 Å². The molecule has 5 nitrogen and oxygen atoms in total. The van der Waals surface area contributed by atoms with Crippen molar-refractivity contribution in [2.24, 2.45) is 0 Å². The highest BCUT2D eigenvalue weighted by molar-refractivity contribution is 6.31. The average Bonchev–Trinajstić information content (AvgIpc) is 3.23. The third kappa shape index (κ3) is 3.54. The Labute approximate surface area is 174 Å². The molecule has 0 atom stereocenters. The number of fused-ring (bicyclic) bond motifs is 1. The molecule has 2 aromatic heterocycles. The fourth-order valence-electron chi connectivity index (χ4n) is 3.67. The second-order valence-corrected chi connectivity index (χ2v) is 7.86. The van der Waals surface area contributed by atoms with Crippen molar-refractivity contribution >= 4 is 28.4 Å². The van der Waals surface area contributed by atoms with Gasteiger partial charge >= 0.3 is 0 Å². The Kier molecular flexibility index (Phi) is 4.92. The number of H-pyrrole nitrogens is 1. The van der Waals surface area contributed by atoms with Crippen molar-refractivity contribution < 1.29 is 4.79 Å². The zero-order chi connectivity index (χ0) is 20.7. The lowest BCUT2D eigenvalue weighted by Crippen LogP contribution is -2.27. The summed E-state index contributed by atoms with van der Waals surface area (Å²) in [5.74, 6) is -0.0697. The minimum Gasteiger partial charge on any atom is -0.351 e. The van der Waals surface area contributed by atoms with Crippen molar-refractivity contribution in [2.45, 2.75) is 27.3 Å². The van der Waals surface area contributed by atoms with Gasteiger partial charge in [0.25, 0.3) is 5.91 Å². The Hall–Kier alpha value is -3.05. The summed E-state index contributed by atoms with van der Waals surface area (Å²) in [4.78, 5) is 17.9. The number of hydrogen-bond donors (Lipinski definition) is 1. The Morgan fingerprint density at radius 2 is 1.90 bits per heavy atom. The number of amides is 1. The first kappa shape index (κ1) is 19.3. The average molecular weight is 407 g/mol. The number of aryl methyl sites for hydroxylation is 2. The molecular weight excluding hydrogens is 384 g/mol. The highest BCUT2D eigenvalue weighted by Gasteiger charge is 2.20. The van der Waals surface area contributed by atoms with Crippen molar-refractivity contribution in [1.82, 2.24) is 19.7 Å². The lowest BCUT2D eigenvalue weighted by Gasteiger charge is -2.17. The molecule has 0 aliphatic heterocycles. The molecule has 2 aromatic carbocycles. The van der Waals surface area contributed by atoms with Crippen LogP contribution in [0.5, 0.6) is 0 Å². The SMILES string of the molecule is Cc1ccccc1-n1nc(C)c(CN(C)C(=O)c2cc3cc(Cl)ccc3[nH]2)c1C. The van der Waals surface area contributed by atoms with Gasteiger partial charge in [-0.15, -0.1) is 0 Å². The molecule has 29 heavy (non-hydrogen) atoms. The second kappa shape index (κ2) is 7.41. The summed E-state index contributed by atoms with van der Waals surface area (Å²) in [6.45, 7) is 6.59. The van der Waals surface area contributed by atoms with Crippen LogP contribution in [0.15, 0.2) is 48.5 Å². The van der Waals surface area contributed by atoms with Crippen LogP contribution in [0.25, 0.3) is 16.6 Å². The lowest BCUT2D eigenvalue weighted by atomic mass is 10.1. The maximum absolute atomic E-state index is 13.0. The first-order valence-electron chi connectivity index (χ1n) is 9.50. The van der Waals surface area contributed by atoms with Gasteiger partial charge in [-0.1, -0.05) is 29.8 Å². The van der Waals surface area contributed by atoms with Gasteiger partial charge in [-0.3, -0.25) is 4.79 Å². The smallest absolute Gasteiger partial charge is 0.270 e. The third-order valence-corrected chi connectivity index (χ3v) is 5.58. The standard InChI is InChI=1S/C23H23ClN4O/c1-14-7-5-6-8-22(14)28-16(3)19(15(2)26-28)13-27(4)23(29)21-12-17-11-18(24)9-10-20(17)25-21/h5-12,25H,13H2,1-4H3. The number of carbonyl (C=O) groups is 1. The van der Waals surface area contributed by atoms with Crippen molar-refractivity contribution in [3.05, 3.63) is 81.8 Å². The molecule has 148 valence electrons. The molecule has 6 heteroatoms. The molecule has 4 rings (SSSR count). The molecule has 4 aromatic rings. The molecule has 2 heterocycles. The van der Waals surface area contributed by atoms with Crippen LogP contribution >= 0.6 is 11.6 Å². The Bertz CT molecular complexity index is 1220. The number of para-hydroxylation sites is 1. The molecule has 0 aliphatic rings. The summed E-state index contributed by atoms with van der Waals surface area (Å²) in [6, 6.07) is 15.6. The Morgan fingerprint density at radius 1 is 1.14 bits per heavy atom. The number of carbonyl (C=O) groups excluding carboxylic acids is 1. The predicted molar refractivity (Wildman–Crippen MR) is 117 cm³/mol. The van der Waals surface area contributed by atoms with Crippen LogP contribution < -0.4 is 0 Å². The highest BCUT2D eigenvalue weighted by atomic mass is 35.5. The van der Waals surface area contributed by atoms with Crippen LogP contribution in [0.4, 0.5) is 0 Å². The van der Waals surface area contributed by atoms with Crippen LogP contribution in [0.2, 0.25) is 5.02 Å². The number of aromatic nitrogens is 3. The van der Waals surface area contributed by atoms with E-state index < -0.39 is 0 Å². The van der Waals surface area contributed by atoms with Crippen LogP contribution in [0.3, 0.4) is 0 Å². The van der Waals surface area contributed by atoms with Crippen molar-refractivity contribution in [2.75, 3.05) is 7.05 Å². The maximum Gasteiger partial charge on any atom is 0.270 e. The molecule has 0 spiro atoms. The largest absolute Gasteiger partial charge is 0.351 e. The van der Waals surface area contributed by atoms with Crippen molar-refractivity contribution in [1.29, 1.82) is 0 Å². The van der Waals surface area contributed by atoms with Gasteiger partial charge in [-0.05, 0) is 56.7 Å². The molecule has 0 fully saturated rings. The fraction of sp³-hybridized carbons (Fsp3) is 0.217. The van der Waals surface area contributed by atoms with Gasteiger partial charge in [-0.2, -0.15) is 5.10 Å². The number of hydrogen-bond acceptors (Lipinski definition) is 2. The Balaban J connectivity index is 1.61. The number of halogens is 1. The summed E-state index contributed by atoms with van der Waals surface area (Å²) in [5, 5.41) is 6.30. The van der Waals surface area contributed by atoms with Gasteiger partial charge in [0.2, 0.25) is 0 Å². The summed E-state index contributed by atoms with van der Waals surface area (Å²) < 4.78 is 1.96. The second-order valence-electron chi connectivity index (χ2n) is 7.42. The van der Waals surface area contributed by atoms with Crippen LogP contribution in [0, 0.1) is 20.8 Å². The number of nitrogens with one attached hydrogen (secondary N) is 1. The monoisotopic (exact) mass is 406 g/mol. The van der Waals surface area contributed by atoms with E-state index >= 15 is 0 Å². The lowest BCUT2D eigenvalue weighted by molar-refractivity contribution is 0.0780. The summed E-state index contributed by atoms with van der Waals surface area (Å²) in [5.41, 5.74) is 6.68. The topological polar surface area (TPSA) is 53.9 Å². The molecule has 1 N–H and O–H groups in total. The van der Waals surface area contributed by atoms with E-state index in [1.807, 2.05) is 62.0 Å². The van der Waals surface area contributed by atoms with Crippen LogP contribution in [-0.2, 0) is 6.54 Å². The minimum absolute atomic E-state index is 0.0697. The summed E-state index contributed by atoms with van der Waals surface area (Å²) in [6.07, 6.45) is 0. The number of rotatable bonds is 4. The normalized spacial score (nSPS) is 11.2. The molecule has 0 bridgehead atoms. The zero-order valence-corrected chi connectivity index (χ0v) is 17.7. The number of nitrogens with zero attached hydrogens (tertiary/aromatic N) is 3. The third-order valence-electron chi connectivity index (χ3n) is 5.34. The van der Waals surface area contributed by atoms with E-state index in [1.54, 1.807) is 4.90 Å². The molecule has 0 radical (unpaired) electrons. The predicted octanol–water partition coefficient (Wildman–Crippen LogP) is 5.20. The van der Waals surface area contributed by atoms with Gasteiger partial charge in [-0.25, -0.2) is 4.68 Å². The van der Waals surface area contributed by atoms with Gasteiger partial charge < -0.3 is 9.88 Å². The van der Waals surface area contributed by atoms with E-state index in [0.29, 0.717) is 17.3 Å². The van der Waals surface area contributed by atoms with Crippen LogP contribution in [0.1, 0.15) is 33.0 Å². The Morgan fingerprint density at radius 3 is 2.66 bits per heavy atom. The summed E-state index contributed by atoms with van der Waals surface area (Å²) >= 11 is 6.06. The van der Waals surface area contributed by atoms with Crippen LogP contribution in [-0.4, -0.2) is 32.6 Å². The first-order chi connectivity index (χ1) is 13.8. The maximum atomic E-state index is 13.0. The molecular formula is C23H23ClN4O. The van der Waals surface area contributed by atoms with E-state index in [-0.39, 0.29) is 5.91 Å². The quantitative estimate of drug-likeness (QED) is 0.506. The molecule has 0 saturated heterocycles. The molecule has 1 amide bonds. The number of aromatic amines is 1. The fourth-order valence-corrected chi connectivity index (χ4v) is 3.85.